The van der Waals surface area contributed by atoms with Crippen molar-refractivity contribution in [1.29, 1.82) is 0 Å². The van der Waals surface area contributed by atoms with Crippen molar-refractivity contribution < 1.29 is 9.53 Å². The molecule has 1 heterocycles. The van der Waals surface area contributed by atoms with Gasteiger partial charge in [-0.05, 0) is 56.4 Å². The minimum atomic E-state index is -0.461. The van der Waals surface area contributed by atoms with Crippen LogP contribution in [0.15, 0.2) is 12.3 Å². The van der Waals surface area contributed by atoms with Gasteiger partial charge in [0.2, 0.25) is 0 Å². The first-order valence-electron chi connectivity index (χ1n) is 4.66. The molecule has 1 rings (SSSR count). The number of carbonyl (C=O) groups is 1. The van der Waals surface area contributed by atoms with E-state index in [1.54, 1.807) is 12.3 Å². The van der Waals surface area contributed by atoms with Gasteiger partial charge < -0.3 is 4.74 Å². The number of ether oxygens (including phenoxy) is 1. The van der Waals surface area contributed by atoms with E-state index in [9.17, 15) is 4.79 Å². The lowest BCUT2D eigenvalue weighted by Gasteiger charge is -2.20. The van der Waals surface area contributed by atoms with Gasteiger partial charge in [-0.25, -0.2) is 4.79 Å². The molecule has 0 saturated carbocycles. The average Bonchev–Trinajstić information content (AvgIpc) is 2.06. The van der Waals surface area contributed by atoms with Crippen molar-refractivity contribution >= 4 is 28.6 Å². The SMILES string of the molecule is Cc1nccc(C(=O)OC(C)(C)C)c1I. The fourth-order valence-corrected chi connectivity index (χ4v) is 1.58. The molecule has 0 amide bonds. The van der Waals surface area contributed by atoms with E-state index in [0.717, 1.165) is 9.26 Å². The second kappa shape index (κ2) is 4.47. The van der Waals surface area contributed by atoms with Crippen LogP contribution in [0.5, 0.6) is 0 Å². The molecular formula is C11H14INO2. The zero-order valence-corrected chi connectivity index (χ0v) is 11.5. The number of carbonyl (C=O) groups excluding carboxylic acids is 1. The smallest absolute Gasteiger partial charge is 0.339 e. The molecule has 0 aliphatic carbocycles. The number of esters is 1. The molecule has 82 valence electrons. The molecule has 0 bridgehead atoms. The van der Waals surface area contributed by atoms with Crippen LogP contribution in [-0.2, 0) is 4.74 Å². The summed E-state index contributed by atoms with van der Waals surface area (Å²) in [5.41, 5.74) is 0.967. The van der Waals surface area contributed by atoms with Crippen molar-refractivity contribution in [3.63, 3.8) is 0 Å². The molecule has 4 heteroatoms. The van der Waals surface area contributed by atoms with Crippen molar-refractivity contribution in [1.82, 2.24) is 4.98 Å². The van der Waals surface area contributed by atoms with Crippen molar-refractivity contribution in [2.45, 2.75) is 33.3 Å². The standard InChI is InChI=1S/C11H14INO2/c1-7-9(12)8(5-6-13-7)10(14)15-11(2,3)4/h5-6H,1-4H3. The Labute approximate surface area is 103 Å². The van der Waals surface area contributed by atoms with Gasteiger partial charge in [0.15, 0.2) is 0 Å². The number of hydrogen-bond acceptors (Lipinski definition) is 3. The van der Waals surface area contributed by atoms with E-state index in [1.165, 1.54) is 0 Å². The molecule has 0 unspecified atom stereocenters. The van der Waals surface area contributed by atoms with Crippen LogP contribution in [0.2, 0.25) is 0 Å². The Hall–Kier alpha value is -0.650. The van der Waals surface area contributed by atoms with Crippen LogP contribution in [-0.4, -0.2) is 16.6 Å². The average molecular weight is 319 g/mol. The highest BCUT2D eigenvalue weighted by Gasteiger charge is 2.20. The van der Waals surface area contributed by atoms with Gasteiger partial charge >= 0.3 is 5.97 Å². The van der Waals surface area contributed by atoms with Gasteiger partial charge in [0, 0.05) is 9.77 Å². The zero-order valence-electron chi connectivity index (χ0n) is 9.30. The van der Waals surface area contributed by atoms with Crippen LogP contribution in [0.1, 0.15) is 36.8 Å². The minimum absolute atomic E-state index is 0.294. The molecule has 0 aromatic carbocycles. The van der Waals surface area contributed by atoms with E-state index in [2.05, 4.69) is 27.6 Å². The molecule has 3 nitrogen and oxygen atoms in total. The number of halogens is 1. The fourth-order valence-electron chi connectivity index (χ4n) is 1.04. The highest BCUT2D eigenvalue weighted by atomic mass is 127. The van der Waals surface area contributed by atoms with Crippen molar-refractivity contribution in [2.24, 2.45) is 0 Å². The number of pyridine rings is 1. The zero-order chi connectivity index (χ0) is 11.6. The molecule has 1 aromatic rings. The summed E-state index contributed by atoms with van der Waals surface area (Å²) >= 11 is 2.11. The maximum atomic E-state index is 11.8. The van der Waals surface area contributed by atoms with E-state index in [4.69, 9.17) is 4.74 Å². The third-order valence-electron chi connectivity index (χ3n) is 1.68. The maximum absolute atomic E-state index is 11.8. The second-order valence-electron chi connectivity index (χ2n) is 4.26. The van der Waals surface area contributed by atoms with Gasteiger partial charge in [0.1, 0.15) is 5.60 Å². The molecule has 0 spiro atoms. The topological polar surface area (TPSA) is 39.2 Å². The summed E-state index contributed by atoms with van der Waals surface area (Å²) in [5, 5.41) is 0. The number of nitrogens with zero attached hydrogens (tertiary/aromatic N) is 1. The molecule has 0 aliphatic heterocycles. The highest BCUT2D eigenvalue weighted by molar-refractivity contribution is 14.1. The molecule has 0 atom stereocenters. The van der Waals surface area contributed by atoms with E-state index < -0.39 is 5.60 Å². The lowest BCUT2D eigenvalue weighted by atomic mass is 10.2. The van der Waals surface area contributed by atoms with E-state index >= 15 is 0 Å². The molecule has 0 radical (unpaired) electrons. The number of hydrogen-bond donors (Lipinski definition) is 0. The second-order valence-corrected chi connectivity index (χ2v) is 5.34. The van der Waals surface area contributed by atoms with Gasteiger partial charge in [0.05, 0.1) is 11.3 Å². The van der Waals surface area contributed by atoms with Crippen LogP contribution in [0.25, 0.3) is 0 Å². The third-order valence-corrected chi connectivity index (χ3v) is 3.04. The van der Waals surface area contributed by atoms with Gasteiger partial charge in [0.25, 0.3) is 0 Å². The first-order chi connectivity index (χ1) is 6.81. The monoisotopic (exact) mass is 319 g/mol. The van der Waals surface area contributed by atoms with Crippen molar-refractivity contribution in [2.75, 3.05) is 0 Å². The normalized spacial score (nSPS) is 11.3. The van der Waals surface area contributed by atoms with Crippen LogP contribution >= 0.6 is 22.6 Å². The number of rotatable bonds is 1. The van der Waals surface area contributed by atoms with Gasteiger partial charge in [-0.2, -0.15) is 0 Å². The Balaban J connectivity index is 2.97. The Bertz CT molecular complexity index is 383. The van der Waals surface area contributed by atoms with Crippen molar-refractivity contribution in [3.8, 4) is 0 Å². The van der Waals surface area contributed by atoms with Gasteiger partial charge in [-0.1, -0.05) is 0 Å². The Morgan fingerprint density at radius 1 is 1.47 bits per heavy atom. The Kier molecular flexibility index (Phi) is 3.70. The number of aryl methyl sites for hydroxylation is 1. The quantitative estimate of drug-likeness (QED) is 0.590. The van der Waals surface area contributed by atoms with Gasteiger partial charge in [-0.15, -0.1) is 0 Å². The summed E-state index contributed by atoms with van der Waals surface area (Å²) in [6.07, 6.45) is 1.62. The predicted octanol–water partition coefficient (Wildman–Crippen LogP) is 2.95. The molecule has 1 aromatic heterocycles. The lowest BCUT2D eigenvalue weighted by molar-refractivity contribution is 0.00680. The van der Waals surface area contributed by atoms with E-state index in [0.29, 0.717) is 5.56 Å². The van der Waals surface area contributed by atoms with Crippen LogP contribution in [0.4, 0.5) is 0 Å². The van der Waals surface area contributed by atoms with Crippen LogP contribution in [0, 0.1) is 10.5 Å². The first kappa shape index (κ1) is 12.4. The molecular weight excluding hydrogens is 305 g/mol. The third kappa shape index (κ3) is 3.44. The first-order valence-corrected chi connectivity index (χ1v) is 5.73. The van der Waals surface area contributed by atoms with Crippen LogP contribution in [0.3, 0.4) is 0 Å². The number of aromatic nitrogens is 1. The van der Waals surface area contributed by atoms with Gasteiger partial charge in [-0.3, -0.25) is 4.98 Å². The molecule has 0 fully saturated rings. The molecule has 0 aliphatic rings. The summed E-state index contributed by atoms with van der Waals surface area (Å²) in [5.74, 6) is -0.294. The highest BCUT2D eigenvalue weighted by Crippen LogP contribution is 2.18. The van der Waals surface area contributed by atoms with E-state index in [-0.39, 0.29) is 5.97 Å². The molecule has 15 heavy (non-hydrogen) atoms. The summed E-state index contributed by atoms with van der Waals surface area (Å²) < 4.78 is 6.14. The fraction of sp³-hybridized carbons (Fsp3) is 0.455. The predicted molar refractivity (Wildman–Crippen MR) is 66.9 cm³/mol. The molecule has 0 saturated heterocycles. The largest absolute Gasteiger partial charge is 0.456 e. The maximum Gasteiger partial charge on any atom is 0.339 e. The summed E-state index contributed by atoms with van der Waals surface area (Å²) in [6.45, 7) is 7.43. The Morgan fingerprint density at radius 3 is 2.60 bits per heavy atom. The van der Waals surface area contributed by atoms with E-state index in [1.807, 2.05) is 27.7 Å². The lowest BCUT2D eigenvalue weighted by Crippen LogP contribution is -2.24. The minimum Gasteiger partial charge on any atom is -0.456 e. The van der Waals surface area contributed by atoms with Crippen LogP contribution < -0.4 is 0 Å². The summed E-state index contributed by atoms with van der Waals surface area (Å²) in [7, 11) is 0. The van der Waals surface area contributed by atoms with Crippen molar-refractivity contribution in [3.05, 3.63) is 27.1 Å². The molecule has 0 N–H and O–H groups in total. The Morgan fingerprint density at radius 2 is 2.07 bits per heavy atom. The summed E-state index contributed by atoms with van der Waals surface area (Å²) in [6, 6.07) is 1.68. The summed E-state index contributed by atoms with van der Waals surface area (Å²) in [4.78, 5) is 15.9.